The van der Waals surface area contributed by atoms with E-state index in [0.29, 0.717) is 5.96 Å². The van der Waals surface area contributed by atoms with Gasteiger partial charge in [-0.2, -0.15) is 0 Å². The van der Waals surface area contributed by atoms with Crippen molar-refractivity contribution in [1.29, 1.82) is 0 Å². The van der Waals surface area contributed by atoms with E-state index in [4.69, 9.17) is 10.5 Å². The first-order valence-corrected chi connectivity index (χ1v) is 5.09. The Morgan fingerprint density at radius 2 is 2.06 bits per heavy atom. The minimum Gasteiger partial charge on any atom is -0.497 e. The molecule has 0 atom stereocenters. The van der Waals surface area contributed by atoms with Crippen molar-refractivity contribution in [2.45, 2.75) is 0 Å². The molecule has 0 aliphatic carbocycles. The molecule has 2 aliphatic heterocycles. The predicted molar refractivity (Wildman–Crippen MR) is 62.8 cm³/mol. The van der Waals surface area contributed by atoms with Crippen molar-refractivity contribution in [3.8, 4) is 5.75 Å². The van der Waals surface area contributed by atoms with E-state index in [1.165, 1.54) is 0 Å². The molecule has 0 aromatic heterocycles. The van der Waals surface area contributed by atoms with Crippen LogP contribution in [-0.4, -0.2) is 18.1 Å². The Morgan fingerprint density at radius 1 is 1.29 bits per heavy atom. The Bertz CT molecular complexity index is 506. The lowest BCUT2D eigenvalue weighted by atomic mass is 10.1. The summed E-state index contributed by atoms with van der Waals surface area (Å²) in [4.78, 5) is 0. The fourth-order valence-electron chi connectivity index (χ4n) is 1.74. The molecule has 7 heteroatoms. The summed E-state index contributed by atoms with van der Waals surface area (Å²) in [7, 11) is 1.64. The molecule has 0 radical (unpaired) electrons. The number of hydrazone groups is 1. The van der Waals surface area contributed by atoms with Gasteiger partial charge in [-0.25, -0.2) is 5.01 Å². The fourth-order valence-corrected chi connectivity index (χ4v) is 1.74. The van der Waals surface area contributed by atoms with Crippen LogP contribution in [-0.2, 0) is 0 Å². The van der Waals surface area contributed by atoms with Gasteiger partial charge in [0.05, 0.1) is 7.11 Å². The summed E-state index contributed by atoms with van der Waals surface area (Å²) in [6.07, 6.45) is 0. The zero-order chi connectivity index (χ0) is 11.8. The monoisotopic (exact) mass is 232 g/mol. The minimum atomic E-state index is 0.371. The van der Waals surface area contributed by atoms with Crippen LogP contribution in [0.4, 0.5) is 0 Å². The van der Waals surface area contributed by atoms with Crippen molar-refractivity contribution in [2.24, 2.45) is 10.8 Å². The molecule has 2 aliphatic rings. The Hall–Kier alpha value is -2.41. The quantitative estimate of drug-likeness (QED) is 0.549. The first-order chi connectivity index (χ1) is 8.29. The van der Waals surface area contributed by atoms with E-state index in [9.17, 15) is 0 Å². The van der Waals surface area contributed by atoms with Gasteiger partial charge in [-0.3, -0.25) is 10.9 Å². The number of methoxy groups -OCH3 is 1. The summed E-state index contributed by atoms with van der Waals surface area (Å²) in [5.41, 5.74) is 16.4. The van der Waals surface area contributed by atoms with Crippen LogP contribution in [0.3, 0.4) is 0 Å². The van der Waals surface area contributed by atoms with Crippen molar-refractivity contribution >= 4 is 11.7 Å². The topological polar surface area (TPSA) is 86.9 Å². The molecule has 0 amide bonds. The lowest BCUT2D eigenvalue weighted by Crippen LogP contribution is -2.43. The summed E-state index contributed by atoms with van der Waals surface area (Å²) < 4.78 is 5.11. The third-order valence-corrected chi connectivity index (χ3v) is 2.64. The van der Waals surface area contributed by atoms with Gasteiger partial charge in [-0.05, 0) is 24.3 Å². The number of fused-ring (bicyclic) bond motifs is 1. The molecule has 1 aromatic carbocycles. The smallest absolute Gasteiger partial charge is 0.236 e. The van der Waals surface area contributed by atoms with E-state index < -0.39 is 0 Å². The van der Waals surface area contributed by atoms with Crippen molar-refractivity contribution in [2.75, 3.05) is 7.11 Å². The van der Waals surface area contributed by atoms with Gasteiger partial charge in [0.2, 0.25) is 5.96 Å². The second kappa shape index (κ2) is 3.56. The van der Waals surface area contributed by atoms with Gasteiger partial charge in [0, 0.05) is 5.56 Å². The first kappa shape index (κ1) is 9.79. The van der Waals surface area contributed by atoms with Gasteiger partial charge in [0.1, 0.15) is 11.4 Å². The molecule has 88 valence electrons. The van der Waals surface area contributed by atoms with E-state index in [1.54, 1.807) is 12.1 Å². The normalized spacial score (nSPS) is 17.5. The van der Waals surface area contributed by atoms with Crippen LogP contribution in [0.25, 0.3) is 5.70 Å². The molecule has 1 aromatic rings. The second-order valence-corrected chi connectivity index (χ2v) is 3.61. The highest BCUT2D eigenvalue weighted by Crippen LogP contribution is 2.23. The molecule has 2 heterocycles. The molecule has 5 N–H and O–H groups in total. The van der Waals surface area contributed by atoms with E-state index >= 15 is 0 Å². The zero-order valence-electron chi connectivity index (χ0n) is 9.19. The van der Waals surface area contributed by atoms with Crippen LogP contribution in [0, 0.1) is 0 Å². The van der Waals surface area contributed by atoms with Crippen LogP contribution in [0.5, 0.6) is 5.75 Å². The number of nitrogens with two attached hydrogens (primary N) is 1. The third-order valence-electron chi connectivity index (χ3n) is 2.64. The van der Waals surface area contributed by atoms with Crippen LogP contribution < -0.4 is 26.9 Å². The number of rotatable bonds is 2. The van der Waals surface area contributed by atoms with Crippen molar-refractivity contribution in [1.82, 2.24) is 21.4 Å². The Kier molecular flexibility index (Phi) is 2.05. The average molecular weight is 232 g/mol. The maximum Gasteiger partial charge on any atom is 0.236 e. The highest BCUT2D eigenvalue weighted by molar-refractivity contribution is 5.85. The number of hydrogen-bond donors (Lipinski definition) is 4. The van der Waals surface area contributed by atoms with Gasteiger partial charge in [0.25, 0.3) is 0 Å². The SMILES string of the molecule is COc1ccc(C2=C3NN=C(N)N3NN2)cc1. The summed E-state index contributed by atoms with van der Waals surface area (Å²) in [5, 5.41) is 5.55. The second-order valence-electron chi connectivity index (χ2n) is 3.61. The maximum absolute atomic E-state index is 5.66. The fraction of sp³-hybridized carbons (Fsp3) is 0.100. The number of nitrogens with one attached hydrogen (secondary N) is 3. The van der Waals surface area contributed by atoms with Gasteiger partial charge >= 0.3 is 0 Å². The van der Waals surface area contributed by atoms with Crippen LogP contribution >= 0.6 is 0 Å². The summed E-state index contributed by atoms with van der Waals surface area (Å²) in [6, 6.07) is 7.70. The number of hydrazine groups is 2. The van der Waals surface area contributed by atoms with Gasteiger partial charge in [-0.1, -0.05) is 0 Å². The number of benzene rings is 1. The first-order valence-electron chi connectivity index (χ1n) is 5.09. The average Bonchev–Trinajstić information content (AvgIpc) is 2.93. The number of nitrogens with zero attached hydrogens (tertiary/aromatic N) is 2. The van der Waals surface area contributed by atoms with Crippen LogP contribution in [0.1, 0.15) is 5.56 Å². The van der Waals surface area contributed by atoms with Crippen molar-refractivity contribution in [3.05, 3.63) is 35.6 Å². The summed E-state index contributed by atoms with van der Waals surface area (Å²) >= 11 is 0. The predicted octanol–water partition coefficient (Wildman–Crippen LogP) is -0.521. The van der Waals surface area contributed by atoms with Gasteiger partial charge in [-0.15, -0.1) is 10.6 Å². The standard InChI is InChI=1S/C10H12N6O/c1-17-7-4-2-6(3-5-7)8-9-13-14-10(11)16(9)15-12-8/h2-5,12-13,15H,1H3,(H2,11,14). The van der Waals surface area contributed by atoms with Crippen LogP contribution in [0.2, 0.25) is 0 Å². The summed E-state index contributed by atoms with van der Waals surface area (Å²) in [6.45, 7) is 0. The molecule has 17 heavy (non-hydrogen) atoms. The number of hydrogen-bond acceptors (Lipinski definition) is 7. The molecule has 0 saturated heterocycles. The molecule has 3 rings (SSSR count). The molecule has 7 nitrogen and oxygen atoms in total. The number of guanidine groups is 1. The van der Waals surface area contributed by atoms with E-state index in [1.807, 2.05) is 24.3 Å². The third kappa shape index (κ3) is 1.44. The van der Waals surface area contributed by atoms with Gasteiger partial charge < -0.3 is 10.5 Å². The number of ether oxygens (including phenoxy) is 1. The molecule has 0 saturated carbocycles. The molecule has 0 fully saturated rings. The van der Waals surface area contributed by atoms with Crippen molar-refractivity contribution in [3.63, 3.8) is 0 Å². The maximum atomic E-state index is 5.66. The van der Waals surface area contributed by atoms with E-state index in [0.717, 1.165) is 22.8 Å². The summed E-state index contributed by atoms with van der Waals surface area (Å²) in [5.74, 6) is 1.97. The lowest BCUT2D eigenvalue weighted by Gasteiger charge is -2.09. The van der Waals surface area contributed by atoms with Crippen LogP contribution in [0.15, 0.2) is 35.2 Å². The molecule has 0 unspecified atom stereocenters. The largest absolute Gasteiger partial charge is 0.497 e. The van der Waals surface area contributed by atoms with E-state index in [-0.39, 0.29) is 0 Å². The molecular weight excluding hydrogens is 220 g/mol. The zero-order valence-corrected chi connectivity index (χ0v) is 9.19. The lowest BCUT2D eigenvalue weighted by molar-refractivity contribution is 0.383. The Balaban J connectivity index is 1.94. The molecule has 0 spiro atoms. The Morgan fingerprint density at radius 3 is 2.76 bits per heavy atom. The highest BCUT2D eigenvalue weighted by Gasteiger charge is 2.29. The van der Waals surface area contributed by atoms with Gasteiger partial charge in [0.15, 0.2) is 5.82 Å². The van der Waals surface area contributed by atoms with E-state index in [2.05, 4.69) is 21.5 Å². The molecule has 0 bridgehead atoms. The minimum absolute atomic E-state index is 0.371. The Labute approximate surface area is 97.9 Å². The molecular formula is C10H12N6O. The highest BCUT2D eigenvalue weighted by atomic mass is 16.5. The van der Waals surface area contributed by atoms with Crippen molar-refractivity contribution < 1.29 is 4.74 Å².